The average Bonchev–Trinajstić information content (AvgIpc) is 2.74. The first kappa shape index (κ1) is 11.4. The molecule has 2 rings (SSSR count). The first-order valence-electron chi connectivity index (χ1n) is 4.56. The fourth-order valence-electron chi connectivity index (χ4n) is 1.26. The summed E-state index contributed by atoms with van der Waals surface area (Å²) in [7, 11) is 0. The first-order chi connectivity index (χ1) is 7.66. The molecule has 2 aromatic rings. The molecule has 1 aromatic carbocycles. The number of rotatable bonds is 2. The van der Waals surface area contributed by atoms with Crippen molar-refractivity contribution < 1.29 is 4.79 Å². The number of hydrogen-bond donors (Lipinski definition) is 1. The molecule has 0 fully saturated rings. The number of nitrogens with zero attached hydrogens (tertiary/aromatic N) is 1. The van der Waals surface area contributed by atoms with Gasteiger partial charge in [-0.25, -0.2) is 0 Å². The largest absolute Gasteiger partial charge is 0.271 e. The summed E-state index contributed by atoms with van der Waals surface area (Å²) in [6.45, 7) is 0. The van der Waals surface area contributed by atoms with E-state index in [-0.39, 0.29) is 5.91 Å². The summed E-state index contributed by atoms with van der Waals surface area (Å²) >= 11 is 6.68. The van der Waals surface area contributed by atoms with E-state index in [4.69, 9.17) is 0 Å². The van der Waals surface area contributed by atoms with Crippen molar-refractivity contribution in [2.24, 2.45) is 0 Å². The van der Waals surface area contributed by atoms with Gasteiger partial charge in [-0.15, -0.1) is 0 Å². The van der Waals surface area contributed by atoms with Crippen LogP contribution in [0.2, 0.25) is 0 Å². The molecule has 0 atom stereocenters. The highest BCUT2D eigenvalue weighted by Crippen LogP contribution is 2.21. The van der Waals surface area contributed by atoms with Crippen molar-refractivity contribution in [2.45, 2.75) is 0 Å². The van der Waals surface area contributed by atoms with Crippen molar-refractivity contribution in [3.8, 4) is 0 Å². The lowest BCUT2D eigenvalue weighted by Gasteiger charge is -2.07. The van der Waals surface area contributed by atoms with Gasteiger partial charge in [0.15, 0.2) is 0 Å². The van der Waals surface area contributed by atoms with Gasteiger partial charge in [0.2, 0.25) is 0 Å². The summed E-state index contributed by atoms with van der Waals surface area (Å²) in [5.41, 5.74) is 3.32. The molecule has 3 nitrogen and oxygen atoms in total. The van der Waals surface area contributed by atoms with Crippen LogP contribution in [0.15, 0.2) is 51.7 Å². The lowest BCUT2D eigenvalue weighted by Crippen LogP contribution is -2.21. The molecule has 1 amide bonds. The molecule has 1 N–H and O–H groups in total. The van der Waals surface area contributed by atoms with Gasteiger partial charge in [-0.2, -0.15) is 0 Å². The Balaban J connectivity index is 2.24. The number of halogens is 2. The number of amides is 1. The minimum Gasteiger partial charge on any atom is -0.268 e. The van der Waals surface area contributed by atoms with Crippen molar-refractivity contribution >= 4 is 37.8 Å². The van der Waals surface area contributed by atoms with Crippen LogP contribution in [0.25, 0.3) is 0 Å². The molecule has 0 bridgehead atoms. The van der Waals surface area contributed by atoms with Crippen LogP contribution in [0, 0.1) is 0 Å². The van der Waals surface area contributed by atoms with Gasteiger partial charge in [0.05, 0.1) is 5.56 Å². The van der Waals surface area contributed by atoms with Crippen molar-refractivity contribution in [3.63, 3.8) is 0 Å². The fraction of sp³-hybridized carbons (Fsp3) is 0. The van der Waals surface area contributed by atoms with Crippen LogP contribution >= 0.6 is 31.9 Å². The lowest BCUT2D eigenvalue weighted by atomic mass is 10.2. The summed E-state index contributed by atoms with van der Waals surface area (Å²) < 4.78 is 3.24. The van der Waals surface area contributed by atoms with E-state index in [9.17, 15) is 4.79 Å². The lowest BCUT2D eigenvalue weighted by molar-refractivity contribution is 0.101. The Morgan fingerprint density at radius 1 is 1.19 bits per heavy atom. The third-order valence-corrected chi connectivity index (χ3v) is 3.19. The average molecular weight is 344 g/mol. The van der Waals surface area contributed by atoms with Crippen LogP contribution < -0.4 is 5.43 Å². The maximum atomic E-state index is 11.9. The molecule has 1 aromatic heterocycles. The Kier molecular flexibility index (Phi) is 3.46. The molecule has 16 heavy (non-hydrogen) atoms. The second-order valence-corrected chi connectivity index (χ2v) is 4.93. The normalized spacial score (nSPS) is 10.1. The monoisotopic (exact) mass is 342 g/mol. The molecule has 0 spiro atoms. The predicted molar refractivity (Wildman–Crippen MR) is 70.0 cm³/mol. The third kappa shape index (κ3) is 2.54. The van der Waals surface area contributed by atoms with Crippen molar-refractivity contribution in [2.75, 3.05) is 5.43 Å². The Morgan fingerprint density at radius 3 is 2.56 bits per heavy atom. The molecule has 5 heteroatoms. The van der Waals surface area contributed by atoms with Crippen molar-refractivity contribution in [1.29, 1.82) is 0 Å². The van der Waals surface area contributed by atoms with Gasteiger partial charge in [0.1, 0.15) is 0 Å². The van der Waals surface area contributed by atoms with Crippen LogP contribution in [0.1, 0.15) is 10.4 Å². The third-order valence-electron chi connectivity index (χ3n) is 2.01. The van der Waals surface area contributed by atoms with Gasteiger partial charge in [0.25, 0.3) is 5.91 Å². The van der Waals surface area contributed by atoms with Crippen molar-refractivity contribution in [3.05, 3.63) is 57.2 Å². The molecule has 0 saturated carbocycles. The quantitative estimate of drug-likeness (QED) is 0.890. The zero-order valence-electron chi connectivity index (χ0n) is 8.15. The van der Waals surface area contributed by atoms with E-state index in [2.05, 4.69) is 37.3 Å². The highest BCUT2D eigenvalue weighted by Gasteiger charge is 2.10. The van der Waals surface area contributed by atoms with Crippen LogP contribution in [0.4, 0.5) is 0 Å². The second kappa shape index (κ2) is 4.84. The summed E-state index contributed by atoms with van der Waals surface area (Å²) in [5, 5.41) is 0. The highest BCUT2D eigenvalue weighted by atomic mass is 79.9. The van der Waals surface area contributed by atoms with E-state index in [1.54, 1.807) is 23.1 Å². The minimum atomic E-state index is -0.163. The molecule has 0 aliphatic heterocycles. The van der Waals surface area contributed by atoms with Gasteiger partial charge in [-0.3, -0.25) is 14.9 Å². The van der Waals surface area contributed by atoms with E-state index < -0.39 is 0 Å². The second-order valence-electron chi connectivity index (χ2n) is 3.16. The van der Waals surface area contributed by atoms with Gasteiger partial charge in [-0.05, 0) is 46.3 Å². The topological polar surface area (TPSA) is 34.0 Å². The van der Waals surface area contributed by atoms with E-state index in [1.165, 1.54) is 0 Å². The summed E-state index contributed by atoms with van der Waals surface area (Å²) in [5.74, 6) is -0.163. The highest BCUT2D eigenvalue weighted by molar-refractivity contribution is 9.11. The molecule has 1 heterocycles. The molecule has 0 aliphatic rings. The zero-order valence-corrected chi connectivity index (χ0v) is 11.3. The van der Waals surface area contributed by atoms with E-state index in [0.29, 0.717) is 5.56 Å². The van der Waals surface area contributed by atoms with Crippen LogP contribution in [-0.2, 0) is 0 Å². The molecule has 0 saturated heterocycles. The van der Waals surface area contributed by atoms with Gasteiger partial charge in [-0.1, -0.05) is 15.9 Å². The summed E-state index contributed by atoms with van der Waals surface area (Å²) in [6, 6.07) is 9.15. The Morgan fingerprint density at radius 2 is 1.88 bits per heavy atom. The van der Waals surface area contributed by atoms with Gasteiger partial charge >= 0.3 is 0 Å². The molecule has 0 aliphatic carbocycles. The Hall–Kier alpha value is -1.07. The summed E-state index contributed by atoms with van der Waals surface area (Å²) in [6.07, 6.45) is 3.54. The molecule has 0 radical (unpaired) electrons. The van der Waals surface area contributed by atoms with Crippen LogP contribution in [0.5, 0.6) is 0 Å². The number of aromatic nitrogens is 1. The smallest absolute Gasteiger partial charge is 0.268 e. The van der Waals surface area contributed by atoms with E-state index in [1.807, 2.05) is 24.3 Å². The maximum Gasteiger partial charge on any atom is 0.271 e. The number of carbonyl (C=O) groups is 1. The molecule has 82 valence electrons. The Labute approximate surface area is 110 Å². The van der Waals surface area contributed by atoms with E-state index in [0.717, 1.165) is 8.95 Å². The standard InChI is InChI=1S/C11H8Br2N2O/c12-8-3-4-10(13)9(7-8)11(16)14-15-5-1-2-6-15/h1-7H,(H,14,16). The van der Waals surface area contributed by atoms with E-state index >= 15 is 0 Å². The Bertz CT molecular complexity index is 509. The van der Waals surface area contributed by atoms with Gasteiger partial charge in [0, 0.05) is 21.3 Å². The van der Waals surface area contributed by atoms with Crippen LogP contribution in [0.3, 0.4) is 0 Å². The molecular formula is C11H8Br2N2O. The number of nitrogens with one attached hydrogen (secondary N) is 1. The maximum absolute atomic E-state index is 11.9. The zero-order chi connectivity index (χ0) is 11.5. The molecule has 0 unspecified atom stereocenters. The van der Waals surface area contributed by atoms with Gasteiger partial charge < -0.3 is 0 Å². The summed E-state index contributed by atoms with van der Waals surface area (Å²) in [4.78, 5) is 11.9. The van der Waals surface area contributed by atoms with Crippen molar-refractivity contribution in [1.82, 2.24) is 4.68 Å². The van der Waals surface area contributed by atoms with Crippen LogP contribution in [-0.4, -0.2) is 10.6 Å². The number of carbonyl (C=O) groups excluding carboxylic acids is 1. The fourth-order valence-corrected chi connectivity index (χ4v) is 2.05. The predicted octanol–water partition coefficient (Wildman–Crippen LogP) is 3.40. The SMILES string of the molecule is O=C(Nn1cccc1)c1cc(Br)ccc1Br. The first-order valence-corrected chi connectivity index (χ1v) is 6.15. The molecular weight excluding hydrogens is 336 g/mol. The number of hydrogen-bond acceptors (Lipinski definition) is 1. The number of benzene rings is 1. The minimum absolute atomic E-state index is 0.163.